The zero-order valence-corrected chi connectivity index (χ0v) is 11.9. The highest BCUT2D eigenvalue weighted by molar-refractivity contribution is 5.73. The second-order valence-corrected chi connectivity index (χ2v) is 5.72. The van der Waals surface area contributed by atoms with E-state index >= 15 is 0 Å². The van der Waals surface area contributed by atoms with Crippen molar-refractivity contribution < 1.29 is 9.90 Å². The number of amides is 1. The minimum atomic E-state index is -0.314. The molecule has 4 heteroatoms. The fraction of sp³-hybridized carbons (Fsp3) is 0.786. The first-order valence-corrected chi connectivity index (χ1v) is 6.66. The van der Waals surface area contributed by atoms with Gasteiger partial charge in [-0.25, -0.2) is 0 Å². The van der Waals surface area contributed by atoms with E-state index in [0.717, 1.165) is 32.5 Å². The normalized spacial score (nSPS) is 21.7. The van der Waals surface area contributed by atoms with Crippen LogP contribution in [0.2, 0.25) is 0 Å². The molecule has 1 atom stereocenters. The average molecular weight is 254 g/mol. The van der Waals surface area contributed by atoms with E-state index in [4.69, 9.17) is 0 Å². The monoisotopic (exact) mass is 254 g/mol. The summed E-state index contributed by atoms with van der Waals surface area (Å²) in [6.07, 6.45) is 3.12. The topological polar surface area (TPSA) is 43.8 Å². The predicted octanol–water partition coefficient (Wildman–Crippen LogP) is 1.26. The number of allylic oxidation sites excluding steroid dienone is 1. The molecule has 0 saturated carbocycles. The molecule has 0 aromatic carbocycles. The van der Waals surface area contributed by atoms with Crippen LogP contribution in [0.1, 0.15) is 33.6 Å². The molecule has 18 heavy (non-hydrogen) atoms. The first-order valence-electron chi connectivity index (χ1n) is 6.66. The quantitative estimate of drug-likeness (QED) is 0.751. The molecule has 1 amide bonds. The van der Waals surface area contributed by atoms with Gasteiger partial charge in [0, 0.05) is 38.6 Å². The number of carbonyl (C=O) groups excluding carboxylic acids is 1. The molecule has 0 aromatic heterocycles. The van der Waals surface area contributed by atoms with Crippen molar-refractivity contribution in [3.8, 4) is 0 Å². The van der Waals surface area contributed by atoms with E-state index in [-0.39, 0.29) is 17.6 Å². The molecule has 0 aromatic rings. The van der Waals surface area contributed by atoms with E-state index in [9.17, 15) is 9.90 Å². The molecular weight excluding hydrogens is 228 g/mol. The minimum Gasteiger partial charge on any atom is -0.392 e. The molecule has 0 aliphatic carbocycles. The van der Waals surface area contributed by atoms with E-state index in [1.165, 1.54) is 0 Å². The molecule has 4 nitrogen and oxygen atoms in total. The fourth-order valence-electron chi connectivity index (χ4n) is 2.45. The summed E-state index contributed by atoms with van der Waals surface area (Å²) in [5.41, 5.74) is -0.0704. The maximum atomic E-state index is 11.4. The van der Waals surface area contributed by atoms with E-state index in [2.05, 4.69) is 25.3 Å². The highest BCUT2D eigenvalue weighted by Crippen LogP contribution is 2.21. The lowest BCUT2D eigenvalue weighted by atomic mass is 9.97. The van der Waals surface area contributed by atoms with E-state index in [1.807, 2.05) is 11.0 Å². The Morgan fingerprint density at radius 2 is 2.17 bits per heavy atom. The van der Waals surface area contributed by atoms with E-state index < -0.39 is 0 Å². The first kappa shape index (κ1) is 15.2. The largest absolute Gasteiger partial charge is 0.392 e. The van der Waals surface area contributed by atoms with Gasteiger partial charge in [-0.05, 0) is 26.7 Å². The maximum absolute atomic E-state index is 11.4. The number of hydrogen-bond acceptors (Lipinski definition) is 3. The van der Waals surface area contributed by atoms with Gasteiger partial charge in [0.05, 0.1) is 6.10 Å². The zero-order valence-electron chi connectivity index (χ0n) is 11.9. The standard InChI is InChI=1S/C14H26N2O2/c1-5-6-7-13(18)10-16-9-8-15(12(2)17)11-14(16,3)4/h5,13,18H,1,6-11H2,2-4H3/t13-/m0/s1. The number of aliphatic hydroxyl groups excluding tert-OH is 1. The summed E-state index contributed by atoms with van der Waals surface area (Å²) in [5, 5.41) is 9.97. The molecule has 1 fully saturated rings. The van der Waals surface area contributed by atoms with Gasteiger partial charge in [-0.2, -0.15) is 0 Å². The van der Waals surface area contributed by atoms with Crippen LogP contribution in [0.25, 0.3) is 0 Å². The summed E-state index contributed by atoms with van der Waals surface area (Å²) in [5.74, 6) is 0.134. The van der Waals surface area contributed by atoms with Crippen LogP contribution in [0.15, 0.2) is 12.7 Å². The van der Waals surface area contributed by atoms with Crippen molar-refractivity contribution in [2.24, 2.45) is 0 Å². The lowest BCUT2D eigenvalue weighted by molar-refractivity contribution is -0.134. The van der Waals surface area contributed by atoms with Crippen LogP contribution in [-0.4, -0.2) is 58.6 Å². The summed E-state index contributed by atoms with van der Waals surface area (Å²) in [7, 11) is 0. The third-order valence-corrected chi connectivity index (χ3v) is 3.65. The van der Waals surface area contributed by atoms with Gasteiger partial charge in [0.25, 0.3) is 0 Å². The van der Waals surface area contributed by atoms with Crippen LogP contribution in [0.3, 0.4) is 0 Å². The maximum Gasteiger partial charge on any atom is 0.219 e. The third kappa shape index (κ3) is 4.10. The summed E-state index contributed by atoms with van der Waals surface area (Å²) in [6, 6.07) is 0. The fourth-order valence-corrected chi connectivity index (χ4v) is 2.45. The van der Waals surface area contributed by atoms with Gasteiger partial charge in [-0.15, -0.1) is 6.58 Å². The van der Waals surface area contributed by atoms with Crippen molar-refractivity contribution in [2.75, 3.05) is 26.2 Å². The number of hydrogen-bond donors (Lipinski definition) is 1. The molecule has 1 saturated heterocycles. The van der Waals surface area contributed by atoms with Crippen molar-refractivity contribution in [2.45, 2.75) is 45.3 Å². The predicted molar refractivity (Wildman–Crippen MR) is 73.3 cm³/mol. The van der Waals surface area contributed by atoms with Gasteiger partial charge in [0.1, 0.15) is 0 Å². The van der Waals surface area contributed by atoms with Crippen LogP contribution < -0.4 is 0 Å². The van der Waals surface area contributed by atoms with Crippen molar-refractivity contribution in [1.82, 2.24) is 9.80 Å². The molecule has 1 aliphatic heterocycles. The first-order chi connectivity index (χ1) is 8.36. The summed E-state index contributed by atoms with van der Waals surface area (Å²) >= 11 is 0. The van der Waals surface area contributed by atoms with Crippen molar-refractivity contribution in [1.29, 1.82) is 0 Å². The Kier molecular flexibility index (Phi) is 5.35. The number of carbonyl (C=O) groups is 1. The molecule has 1 N–H and O–H groups in total. The van der Waals surface area contributed by atoms with Gasteiger partial charge in [-0.3, -0.25) is 9.69 Å². The summed E-state index contributed by atoms with van der Waals surface area (Å²) in [6.45, 7) is 12.5. The number of nitrogens with zero attached hydrogens (tertiary/aromatic N) is 2. The molecule has 1 aliphatic rings. The second kappa shape index (κ2) is 6.34. The van der Waals surface area contributed by atoms with Gasteiger partial charge in [-0.1, -0.05) is 6.08 Å². The van der Waals surface area contributed by atoms with Crippen LogP contribution in [0.4, 0.5) is 0 Å². The number of aliphatic hydroxyl groups is 1. The van der Waals surface area contributed by atoms with Crippen LogP contribution in [0, 0.1) is 0 Å². The molecule has 0 unspecified atom stereocenters. The van der Waals surface area contributed by atoms with Crippen molar-refractivity contribution >= 4 is 5.91 Å². The molecule has 1 rings (SSSR count). The number of piperazine rings is 1. The van der Waals surface area contributed by atoms with Gasteiger partial charge >= 0.3 is 0 Å². The highest BCUT2D eigenvalue weighted by atomic mass is 16.3. The number of β-amino-alcohol motifs (C(OH)–C–C–N with tert-alkyl or cyclic N) is 1. The summed E-state index contributed by atoms with van der Waals surface area (Å²) < 4.78 is 0. The lowest BCUT2D eigenvalue weighted by Gasteiger charge is -2.47. The molecule has 0 bridgehead atoms. The summed E-state index contributed by atoms with van der Waals surface area (Å²) in [4.78, 5) is 15.6. The van der Waals surface area contributed by atoms with Gasteiger partial charge in [0.2, 0.25) is 5.91 Å². The minimum absolute atomic E-state index is 0.0704. The molecular formula is C14H26N2O2. The van der Waals surface area contributed by atoms with E-state index in [1.54, 1.807) is 6.92 Å². The Morgan fingerprint density at radius 3 is 2.67 bits per heavy atom. The molecule has 0 radical (unpaired) electrons. The Hall–Kier alpha value is -0.870. The Labute approximate surface area is 110 Å². The van der Waals surface area contributed by atoms with Gasteiger partial charge < -0.3 is 10.0 Å². The van der Waals surface area contributed by atoms with Gasteiger partial charge in [0.15, 0.2) is 0 Å². The third-order valence-electron chi connectivity index (χ3n) is 3.65. The molecule has 0 spiro atoms. The second-order valence-electron chi connectivity index (χ2n) is 5.72. The lowest BCUT2D eigenvalue weighted by Crippen LogP contribution is -2.61. The van der Waals surface area contributed by atoms with Crippen LogP contribution in [-0.2, 0) is 4.79 Å². The smallest absolute Gasteiger partial charge is 0.219 e. The molecule has 104 valence electrons. The average Bonchev–Trinajstić information content (AvgIpc) is 2.28. The van der Waals surface area contributed by atoms with E-state index in [0.29, 0.717) is 6.54 Å². The van der Waals surface area contributed by atoms with Crippen LogP contribution in [0.5, 0.6) is 0 Å². The Bertz CT molecular complexity index is 302. The van der Waals surface area contributed by atoms with Crippen molar-refractivity contribution in [3.05, 3.63) is 12.7 Å². The number of rotatable bonds is 5. The Morgan fingerprint density at radius 1 is 1.50 bits per heavy atom. The Balaban J connectivity index is 2.52. The van der Waals surface area contributed by atoms with Crippen LogP contribution >= 0.6 is 0 Å². The SMILES string of the molecule is C=CCC[C@H](O)CN1CCN(C(C)=O)CC1(C)C. The molecule has 1 heterocycles. The zero-order chi connectivity index (χ0) is 13.8. The van der Waals surface area contributed by atoms with Crippen molar-refractivity contribution in [3.63, 3.8) is 0 Å². The highest BCUT2D eigenvalue weighted by Gasteiger charge is 2.35.